The first kappa shape index (κ1) is 22.4. The molecule has 1 heterocycles. The molecular formula is C27H27N3O3. The van der Waals surface area contributed by atoms with Crippen molar-refractivity contribution in [1.29, 1.82) is 0 Å². The predicted octanol–water partition coefficient (Wildman–Crippen LogP) is 3.70. The third-order valence-corrected chi connectivity index (χ3v) is 5.82. The molecule has 1 aliphatic heterocycles. The van der Waals surface area contributed by atoms with Gasteiger partial charge in [-0.1, -0.05) is 60.7 Å². The molecule has 6 nitrogen and oxygen atoms in total. The predicted molar refractivity (Wildman–Crippen MR) is 128 cm³/mol. The van der Waals surface area contributed by atoms with E-state index >= 15 is 0 Å². The van der Waals surface area contributed by atoms with Crippen LogP contribution in [0.25, 0.3) is 0 Å². The molecule has 1 aliphatic rings. The summed E-state index contributed by atoms with van der Waals surface area (Å²) in [5.74, 6) is -0.204. The van der Waals surface area contributed by atoms with Gasteiger partial charge in [0.25, 0.3) is 5.91 Å². The Balaban J connectivity index is 1.28. The van der Waals surface area contributed by atoms with E-state index in [4.69, 9.17) is 0 Å². The van der Waals surface area contributed by atoms with Gasteiger partial charge in [0.2, 0.25) is 5.91 Å². The number of nitrogens with zero attached hydrogens (tertiary/aromatic N) is 2. The van der Waals surface area contributed by atoms with Crippen molar-refractivity contribution in [3.8, 4) is 0 Å². The lowest BCUT2D eigenvalue weighted by Gasteiger charge is -2.34. The maximum absolute atomic E-state index is 12.9. The van der Waals surface area contributed by atoms with Gasteiger partial charge in [0.1, 0.15) is 0 Å². The quantitative estimate of drug-likeness (QED) is 0.568. The first-order valence-corrected chi connectivity index (χ1v) is 11.2. The number of carbonyl (C=O) groups excluding carboxylic acids is 3. The van der Waals surface area contributed by atoms with Crippen LogP contribution in [0.5, 0.6) is 0 Å². The standard InChI is InChI=1S/C27H27N3O3/c31-25(28-24-14-8-7-13-23(24)26(32)21-9-3-1-4-10-21)15-16-29-17-19-30(20-18-29)27(33)22-11-5-2-6-12-22/h1-14H,15-20H2,(H,28,31). The number of rotatable bonds is 7. The summed E-state index contributed by atoms with van der Waals surface area (Å²) >= 11 is 0. The first-order valence-electron chi connectivity index (χ1n) is 11.2. The van der Waals surface area contributed by atoms with Gasteiger partial charge in [-0.25, -0.2) is 0 Å². The van der Waals surface area contributed by atoms with Crippen molar-refractivity contribution < 1.29 is 14.4 Å². The number of hydrogen-bond acceptors (Lipinski definition) is 4. The van der Waals surface area contributed by atoms with E-state index < -0.39 is 0 Å². The average molecular weight is 442 g/mol. The summed E-state index contributed by atoms with van der Waals surface area (Å²) in [5.41, 5.74) is 2.29. The molecule has 2 amide bonds. The average Bonchev–Trinajstić information content (AvgIpc) is 2.88. The van der Waals surface area contributed by atoms with Crippen LogP contribution in [0.2, 0.25) is 0 Å². The molecule has 3 aromatic carbocycles. The van der Waals surface area contributed by atoms with Gasteiger partial charge in [-0.05, 0) is 24.3 Å². The highest BCUT2D eigenvalue weighted by Gasteiger charge is 2.22. The Morgan fingerprint density at radius 3 is 1.94 bits per heavy atom. The summed E-state index contributed by atoms with van der Waals surface area (Å²) < 4.78 is 0. The summed E-state index contributed by atoms with van der Waals surface area (Å²) in [4.78, 5) is 42.1. The highest BCUT2D eigenvalue weighted by molar-refractivity contribution is 6.13. The molecular weight excluding hydrogens is 414 g/mol. The Morgan fingerprint density at radius 2 is 1.27 bits per heavy atom. The topological polar surface area (TPSA) is 69.7 Å². The molecule has 0 unspecified atom stereocenters. The molecule has 0 saturated carbocycles. The molecule has 1 N–H and O–H groups in total. The third kappa shape index (κ3) is 5.73. The van der Waals surface area contributed by atoms with Gasteiger partial charge in [0.15, 0.2) is 5.78 Å². The molecule has 1 saturated heterocycles. The number of ketones is 1. The van der Waals surface area contributed by atoms with Crippen LogP contribution < -0.4 is 5.32 Å². The Bertz CT molecular complexity index is 1110. The van der Waals surface area contributed by atoms with Crippen molar-refractivity contribution in [3.05, 3.63) is 102 Å². The minimum Gasteiger partial charge on any atom is -0.336 e. The van der Waals surface area contributed by atoms with E-state index in [0.717, 1.165) is 13.1 Å². The normalized spacial score (nSPS) is 14.0. The molecule has 0 aromatic heterocycles. The Labute approximate surface area is 193 Å². The third-order valence-electron chi connectivity index (χ3n) is 5.82. The number of amides is 2. The van der Waals surface area contributed by atoms with E-state index in [2.05, 4.69) is 10.2 Å². The summed E-state index contributed by atoms with van der Waals surface area (Å²) in [6, 6.07) is 25.4. The number of benzene rings is 3. The molecule has 0 aliphatic carbocycles. The summed E-state index contributed by atoms with van der Waals surface area (Å²) in [6.07, 6.45) is 0.320. The molecule has 0 bridgehead atoms. The van der Waals surface area contributed by atoms with Crippen molar-refractivity contribution in [1.82, 2.24) is 9.80 Å². The van der Waals surface area contributed by atoms with Crippen LogP contribution in [0.15, 0.2) is 84.9 Å². The Morgan fingerprint density at radius 1 is 0.697 bits per heavy atom. The number of piperazine rings is 1. The first-order chi connectivity index (χ1) is 16.1. The van der Waals surface area contributed by atoms with Crippen molar-refractivity contribution in [2.75, 3.05) is 38.0 Å². The Kier molecular flexibility index (Phi) is 7.27. The fraction of sp³-hybridized carbons (Fsp3) is 0.222. The van der Waals surface area contributed by atoms with E-state index in [1.807, 2.05) is 53.4 Å². The SMILES string of the molecule is O=C(CCN1CCN(C(=O)c2ccccc2)CC1)Nc1ccccc1C(=O)c1ccccc1. The maximum atomic E-state index is 12.9. The molecule has 4 rings (SSSR count). The van der Waals surface area contributed by atoms with Crippen LogP contribution in [0.4, 0.5) is 5.69 Å². The van der Waals surface area contributed by atoms with Crippen molar-refractivity contribution in [2.45, 2.75) is 6.42 Å². The monoisotopic (exact) mass is 441 g/mol. The van der Waals surface area contributed by atoms with Crippen LogP contribution in [-0.4, -0.2) is 60.1 Å². The zero-order chi connectivity index (χ0) is 23.0. The second-order valence-corrected chi connectivity index (χ2v) is 8.04. The molecule has 0 atom stereocenters. The second-order valence-electron chi connectivity index (χ2n) is 8.04. The van der Waals surface area contributed by atoms with Crippen molar-refractivity contribution in [3.63, 3.8) is 0 Å². The molecule has 1 fully saturated rings. The molecule has 0 radical (unpaired) electrons. The van der Waals surface area contributed by atoms with Crippen LogP contribution in [0, 0.1) is 0 Å². The molecule has 3 aromatic rings. The van der Waals surface area contributed by atoms with Crippen molar-refractivity contribution in [2.24, 2.45) is 0 Å². The lowest BCUT2D eigenvalue weighted by Crippen LogP contribution is -2.49. The van der Waals surface area contributed by atoms with Gasteiger partial charge in [-0.2, -0.15) is 0 Å². The number of anilines is 1. The molecule has 0 spiro atoms. The molecule has 6 heteroatoms. The van der Waals surface area contributed by atoms with Crippen LogP contribution in [0.1, 0.15) is 32.7 Å². The molecule has 168 valence electrons. The van der Waals surface area contributed by atoms with Gasteiger partial charge in [-0.3, -0.25) is 19.3 Å². The smallest absolute Gasteiger partial charge is 0.253 e. The zero-order valence-corrected chi connectivity index (χ0v) is 18.4. The fourth-order valence-electron chi connectivity index (χ4n) is 3.95. The lowest BCUT2D eigenvalue weighted by molar-refractivity contribution is -0.116. The summed E-state index contributed by atoms with van der Waals surface area (Å²) in [6.45, 7) is 3.35. The number of nitrogens with one attached hydrogen (secondary N) is 1. The van der Waals surface area contributed by atoms with Crippen LogP contribution in [-0.2, 0) is 4.79 Å². The number of para-hydroxylation sites is 1. The Hall–Kier alpha value is -3.77. The van der Waals surface area contributed by atoms with Crippen LogP contribution >= 0.6 is 0 Å². The van der Waals surface area contributed by atoms with Crippen LogP contribution in [0.3, 0.4) is 0 Å². The largest absolute Gasteiger partial charge is 0.336 e. The van der Waals surface area contributed by atoms with Crippen molar-refractivity contribution >= 4 is 23.3 Å². The van der Waals surface area contributed by atoms with E-state index in [0.29, 0.717) is 48.4 Å². The van der Waals surface area contributed by atoms with Gasteiger partial charge in [0.05, 0.1) is 5.69 Å². The zero-order valence-electron chi connectivity index (χ0n) is 18.4. The van der Waals surface area contributed by atoms with E-state index in [1.165, 1.54) is 0 Å². The van der Waals surface area contributed by atoms with Gasteiger partial charge < -0.3 is 10.2 Å². The minimum atomic E-state index is -0.133. The minimum absolute atomic E-state index is 0.0488. The van der Waals surface area contributed by atoms with Gasteiger partial charge in [0, 0.05) is 55.8 Å². The summed E-state index contributed by atoms with van der Waals surface area (Å²) in [7, 11) is 0. The highest BCUT2D eigenvalue weighted by atomic mass is 16.2. The van der Waals surface area contributed by atoms with E-state index in [9.17, 15) is 14.4 Å². The maximum Gasteiger partial charge on any atom is 0.253 e. The fourth-order valence-corrected chi connectivity index (χ4v) is 3.95. The lowest BCUT2D eigenvalue weighted by atomic mass is 10.0. The van der Waals surface area contributed by atoms with E-state index in [-0.39, 0.29) is 17.6 Å². The molecule has 33 heavy (non-hydrogen) atoms. The van der Waals surface area contributed by atoms with Gasteiger partial charge in [-0.15, -0.1) is 0 Å². The second kappa shape index (κ2) is 10.7. The van der Waals surface area contributed by atoms with E-state index in [1.54, 1.807) is 36.4 Å². The number of hydrogen-bond donors (Lipinski definition) is 1. The van der Waals surface area contributed by atoms with Gasteiger partial charge >= 0.3 is 0 Å². The number of carbonyl (C=O) groups is 3. The summed E-state index contributed by atoms with van der Waals surface area (Å²) in [5, 5.41) is 2.90. The highest BCUT2D eigenvalue weighted by Crippen LogP contribution is 2.19.